The third-order valence-corrected chi connectivity index (χ3v) is 7.21. The van der Waals surface area contributed by atoms with Crippen LogP contribution in [0.25, 0.3) is 5.69 Å². The number of nitrogens with zero attached hydrogens (tertiary/aromatic N) is 4. The lowest BCUT2D eigenvalue weighted by Gasteiger charge is -2.11. The second kappa shape index (κ2) is 8.47. The van der Waals surface area contributed by atoms with Crippen LogP contribution in [0, 0.1) is 0 Å². The summed E-state index contributed by atoms with van der Waals surface area (Å²) in [7, 11) is -2.04. The van der Waals surface area contributed by atoms with Gasteiger partial charge in [0.15, 0.2) is 0 Å². The van der Waals surface area contributed by atoms with E-state index in [0.717, 1.165) is 37.2 Å². The predicted molar refractivity (Wildman–Crippen MR) is 126 cm³/mol. The Morgan fingerprint density at radius 3 is 2.58 bits per heavy atom. The van der Waals surface area contributed by atoms with Crippen LogP contribution in [0.5, 0.6) is 0 Å². The maximum Gasteiger partial charge on any atom is 0.284 e. The van der Waals surface area contributed by atoms with Crippen LogP contribution < -0.4 is 5.32 Å². The Morgan fingerprint density at radius 2 is 1.88 bits per heavy atom. The highest BCUT2D eigenvalue weighted by atomic mass is 32.2. The van der Waals surface area contributed by atoms with Crippen molar-refractivity contribution in [1.29, 1.82) is 0 Å². The van der Waals surface area contributed by atoms with Crippen LogP contribution in [-0.2, 0) is 10.0 Å². The van der Waals surface area contributed by atoms with E-state index >= 15 is 0 Å². The number of rotatable bonds is 6. The van der Waals surface area contributed by atoms with Crippen molar-refractivity contribution in [1.82, 2.24) is 14.7 Å². The maximum atomic E-state index is 13.2. The number of para-hydroxylation sites is 1. The Labute approximate surface area is 193 Å². The molecule has 1 saturated carbocycles. The van der Waals surface area contributed by atoms with Gasteiger partial charge in [-0.3, -0.25) is 4.79 Å². The molecule has 1 amide bonds. The molecule has 2 heterocycles. The van der Waals surface area contributed by atoms with Gasteiger partial charge in [0.05, 0.1) is 16.3 Å². The van der Waals surface area contributed by atoms with Crippen LogP contribution >= 0.6 is 0 Å². The molecule has 5 rings (SSSR count). The fourth-order valence-corrected chi connectivity index (χ4v) is 5.08. The van der Waals surface area contributed by atoms with E-state index in [9.17, 15) is 13.2 Å². The first-order valence-electron chi connectivity index (χ1n) is 11.0. The minimum atomic E-state index is -3.87. The molecule has 1 aliphatic heterocycles. The van der Waals surface area contributed by atoms with Gasteiger partial charge in [0.2, 0.25) is 0 Å². The molecule has 8 nitrogen and oxygen atoms in total. The number of nitrogens with one attached hydrogen (secondary N) is 1. The Bertz CT molecular complexity index is 1330. The molecule has 170 valence electrons. The first-order valence-corrected chi connectivity index (χ1v) is 12.5. The summed E-state index contributed by atoms with van der Waals surface area (Å²) in [4.78, 5) is 15.1. The van der Waals surface area contributed by atoms with Gasteiger partial charge in [-0.05, 0) is 55.7 Å². The first kappa shape index (κ1) is 21.4. The molecule has 9 heteroatoms. The smallest absolute Gasteiger partial charge is 0.284 e. The lowest BCUT2D eigenvalue weighted by Crippen LogP contribution is -2.20. The van der Waals surface area contributed by atoms with Crippen LogP contribution in [0.15, 0.2) is 70.0 Å². The number of hydrogen-bond acceptors (Lipinski definition) is 4. The van der Waals surface area contributed by atoms with Crippen molar-refractivity contribution < 1.29 is 13.2 Å². The van der Waals surface area contributed by atoms with Crippen molar-refractivity contribution >= 4 is 27.5 Å². The Morgan fingerprint density at radius 1 is 1.09 bits per heavy atom. The van der Waals surface area contributed by atoms with Gasteiger partial charge in [0.25, 0.3) is 15.9 Å². The van der Waals surface area contributed by atoms with Crippen molar-refractivity contribution in [3.05, 3.63) is 72.1 Å². The van der Waals surface area contributed by atoms with Gasteiger partial charge in [-0.25, -0.2) is 4.68 Å². The van der Waals surface area contributed by atoms with Gasteiger partial charge >= 0.3 is 0 Å². The largest absolute Gasteiger partial charge is 0.362 e. The molecule has 2 aliphatic rings. The number of hydrogen-bond donors (Lipinski definition) is 1. The summed E-state index contributed by atoms with van der Waals surface area (Å²) < 4.78 is 31.3. The highest BCUT2D eigenvalue weighted by molar-refractivity contribution is 7.90. The highest BCUT2D eigenvalue weighted by Crippen LogP contribution is 2.39. The van der Waals surface area contributed by atoms with Crippen LogP contribution in [-0.4, -0.2) is 48.4 Å². The number of carbonyl (C=O) groups is 1. The Hall–Kier alpha value is -3.46. The average Bonchev–Trinajstić information content (AvgIpc) is 3.44. The van der Waals surface area contributed by atoms with Crippen LogP contribution in [0.2, 0.25) is 0 Å². The van der Waals surface area contributed by atoms with E-state index in [1.165, 1.54) is 12.1 Å². The molecule has 2 aromatic carbocycles. The monoisotopic (exact) mass is 463 g/mol. The first-order chi connectivity index (χ1) is 15.9. The van der Waals surface area contributed by atoms with Crippen molar-refractivity contribution in [3.8, 4) is 5.69 Å². The summed E-state index contributed by atoms with van der Waals surface area (Å²) in [5, 5.41) is 7.50. The van der Waals surface area contributed by atoms with E-state index in [4.69, 9.17) is 0 Å². The third kappa shape index (κ3) is 4.54. The van der Waals surface area contributed by atoms with E-state index < -0.39 is 10.0 Å². The number of carbonyl (C=O) groups excluding carboxylic acids is 1. The molecule has 0 spiro atoms. The number of amidine groups is 1. The molecule has 0 unspecified atom stereocenters. The molecule has 2 fully saturated rings. The summed E-state index contributed by atoms with van der Waals surface area (Å²) in [6.45, 7) is 0.794. The highest BCUT2D eigenvalue weighted by Gasteiger charge is 2.29. The number of sulfonamides is 1. The molecule has 0 atom stereocenters. The summed E-state index contributed by atoms with van der Waals surface area (Å²) in [6, 6.07) is 17.5. The van der Waals surface area contributed by atoms with E-state index in [1.54, 1.807) is 16.8 Å². The van der Waals surface area contributed by atoms with Crippen LogP contribution in [0.4, 0.5) is 5.69 Å². The van der Waals surface area contributed by atoms with Gasteiger partial charge in [0, 0.05) is 31.6 Å². The predicted octanol–water partition coefficient (Wildman–Crippen LogP) is 3.81. The average molecular weight is 464 g/mol. The molecule has 1 saturated heterocycles. The molecule has 1 aliphatic carbocycles. The molecular formula is C24H25N5O3S. The number of anilines is 1. The number of amides is 1. The molecular weight excluding hydrogens is 438 g/mol. The van der Waals surface area contributed by atoms with Crippen LogP contribution in [0.3, 0.4) is 0 Å². The van der Waals surface area contributed by atoms with Crippen molar-refractivity contribution in [3.63, 3.8) is 0 Å². The summed E-state index contributed by atoms with van der Waals surface area (Å²) in [5.74, 6) is 0.598. The van der Waals surface area contributed by atoms with Crippen molar-refractivity contribution in [2.45, 2.75) is 36.5 Å². The summed E-state index contributed by atoms with van der Waals surface area (Å²) in [6.07, 6.45) is 3.67. The van der Waals surface area contributed by atoms with Gasteiger partial charge in [-0.2, -0.15) is 13.5 Å². The molecule has 0 radical (unpaired) electrons. The van der Waals surface area contributed by atoms with Crippen molar-refractivity contribution in [2.24, 2.45) is 4.40 Å². The molecule has 33 heavy (non-hydrogen) atoms. The summed E-state index contributed by atoms with van der Waals surface area (Å²) in [5.41, 5.74) is 2.48. The maximum absolute atomic E-state index is 13.2. The standard InChI is InChI=1S/C24H25N5O3S/c1-28-14-6-11-23(28)27-33(31,32)20-10-5-7-18(15-20)25-24(30)22-16-21(17-12-13-17)26-29(22)19-8-3-2-4-9-19/h2-5,7-10,15-17H,6,11-14H2,1H3,(H,25,30)/b27-23-. The lowest BCUT2D eigenvalue weighted by molar-refractivity contribution is 0.101. The Balaban J connectivity index is 1.42. The Kier molecular flexibility index (Phi) is 5.49. The number of benzene rings is 2. The molecule has 0 bridgehead atoms. The molecule has 1 N–H and O–H groups in total. The van der Waals surface area contributed by atoms with E-state index in [1.807, 2.05) is 48.3 Å². The number of aromatic nitrogens is 2. The third-order valence-electron chi connectivity index (χ3n) is 5.91. The van der Waals surface area contributed by atoms with Crippen LogP contribution in [0.1, 0.15) is 47.8 Å². The van der Waals surface area contributed by atoms with Gasteiger partial charge in [0.1, 0.15) is 11.5 Å². The minimum absolute atomic E-state index is 0.0448. The van der Waals surface area contributed by atoms with E-state index in [-0.39, 0.29) is 10.8 Å². The minimum Gasteiger partial charge on any atom is -0.362 e. The zero-order chi connectivity index (χ0) is 23.0. The number of likely N-dealkylation sites (tertiary alicyclic amines) is 1. The fourth-order valence-electron chi connectivity index (χ4n) is 3.94. The van der Waals surface area contributed by atoms with Gasteiger partial charge in [-0.1, -0.05) is 24.3 Å². The van der Waals surface area contributed by atoms with Gasteiger partial charge < -0.3 is 10.2 Å². The SMILES string of the molecule is CN1CCC/C1=N/S(=O)(=O)c1cccc(NC(=O)c2cc(C3CC3)nn2-c2ccccc2)c1. The zero-order valence-corrected chi connectivity index (χ0v) is 19.1. The van der Waals surface area contributed by atoms with Crippen molar-refractivity contribution in [2.75, 3.05) is 18.9 Å². The normalized spacial score (nSPS) is 17.5. The van der Waals surface area contributed by atoms with Gasteiger partial charge in [-0.15, -0.1) is 4.40 Å². The van der Waals surface area contributed by atoms with E-state index in [0.29, 0.717) is 29.6 Å². The second-order valence-electron chi connectivity index (χ2n) is 8.47. The zero-order valence-electron chi connectivity index (χ0n) is 18.3. The molecule has 1 aromatic heterocycles. The quantitative estimate of drug-likeness (QED) is 0.600. The molecule has 3 aromatic rings. The second-order valence-corrected chi connectivity index (χ2v) is 10.1. The summed E-state index contributed by atoms with van der Waals surface area (Å²) >= 11 is 0. The van der Waals surface area contributed by atoms with E-state index in [2.05, 4.69) is 14.8 Å². The lowest BCUT2D eigenvalue weighted by atomic mass is 10.2. The topological polar surface area (TPSA) is 96.7 Å². The fraction of sp³-hybridized carbons (Fsp3) is 0.292.